The third-order valence-electron chi connectivity index (χ3n) is 3.90. The van der Waals surface area contributed by atoms with E-state index in [9.17, 15) is 18.8 Å². The summed E-state index contributed by atoms with van der Waals surface area (Å²) >= 11 is 0. The second-order valence-electron chi connectivity index (χ2n) is 6.20. The number of amides is 3. The summed E-state index contributed by atoms with van der Waals surface area (Å²) in [5, 5.41) is 4.92. The van der Waals surface area contributed by atoms with Gasteiger partial charge in [-0.25, -0.2) is 4.39 Å². The van der Waals surface area contributed by atoms with Gasteiger partial charge >= 0.3 is 0 Å². The summed E-state index contributed by atoms with van der Waals surface area (Å²) in [5.41, 5.74) is 5.85. The average molecular weight is 366 g/mol. The topological polar surface area (TPSA) is 114 Å². The molecule has 9 heteroatoms. The number of rotatable bonds is 6. The van der Waals surface area contributed by atoms with Crippen LogP contribution in [-0.4, -0.2) is 50.1 Å². The fourth-order valence-electron chi connectivity index (χ4n) is 2.35. The number of nitrogens with zero attached hydrogens (tertiary/aromatic N) is 1. The van der Waals surface area contributed by atoms with Gasteiger partial charge in [0.1, 0.15) is 18.5 Å². The third kappa shape index (κ3) is 4.77. The van der Waals surface area contributed by atoms with Gasteiger partial charge in [0.2, 0.25) is 11.8 Å². The Morgan fingerprint density at radius 3 is 2.65 bits per heavy atom. The first kappa shape index (κ1) is 19.8. The number of anilines is 2. The zero-order valence-corrected chi connectivity index (χ0v) is 14.8. The van der Waals surface area contributed by atoms with Crippen molar-refractivity contribution in [2.45, 2.75) is 19.9 Å². The molecule has 0 unspecified atom stereocenters. The van der Waals surface area contributed by atoms with Gasteiger partial charge in [0.25, 0.3) is 5.91 Å². The maximum absolute atomic E-state index is 14.3. The molecule has 0 radical (unpaired) electrons. The number of nitrogens with one attached hydrogen (secondary N) is 2. The summed E-state index contributed by atoms with van der Waals surface area (Å²) < 4.78 is 19.4. The lowest BCUT2D eigenvalue weighted by molar-refractivity contribution is -0.128. The Kier molecular flexibility index (Phi) is 6.64. The number of carbonyl (C=O) groups is 3. The van der Waals surface area contributed by atoms with Crippen LogP contribution in [-0.2, 0) is 19.1 Å². The molecule has 0 saturated carbocycles. The molecule has 1 atom stereocenters. The third-order valence-corrected chi connectivity index (χ3v) is 3.90. The van der Waals surface area contributed by atoms with E-state index in [-0.39, 0.29) is 36.6 Å². The Hall–Kier alpha value is -2.52. The quantitative estimate of drug-likeness (QED) is 0.667. The predicted octanol–water partition coefficient (Wildman–Crippen LogP) is 0.227. The van der Waals surface area contributed by atoms with Crippen LogP contribution in [0.2, 0.25) is 0 Å². The van der Waals surface area contributed by atoms with E-state index in [0.717, 1.165) is 0 Å². The van der Waals surface area contributed by atoms with Crippen molar-refractivity contribution in [3.05, 3.63) is 24.0 Å². The molecule has 1 saturated heterocycles. The molecule has 1 aromatic carbocycles. The van der Waals surface area contributed by atoms with Gasteiger partial charge in [0.15, 0.2) is 0 Å². The summed E-state index contributed by atoms with van der Waals surface area (Å²) in [6, 6.07) is 3.10. The first-order chi connectivity index (χ1) is 12.3. The fourth-order valence-corrected chi connectivity index (χ4v) is 2.35. The summed E-state index contributed by atoms with van der Waals surface area (Å²) in [7, 11) is 0. The molecular weight excluding hydrogens is 343 g/mol. The minimum atomic E-state index is -0.968. The van der Waals surface area contributed by atoms with E-state index in [4.69, 9.17) is 10.5 Å². The van der Waals surface area contributed by atoms with Crippen LogP contribution in [0.1, 0.15) is 13.8 Å². The van der Waals surface area contributed by atoms with E-state index in [2.05, 4.69) is 10.6 Å². The summed E-state index contributed by atoms with van der Waals surface area (Å²) in [6.45, 7) is 3.92. The highest BCUT2D eigenvalue weighted by atomic mass is 19.1. The standard InChI is InChI=1S/C17H23FN4O4/c1-10(2)16(24)21-14(8-19)17(25)20-13-4-3-11(7-12(13)18)22-5-6-26-9-15(22)23/h3-4,7,10,14H,5-6,8-9,19H2,1-2H3,(H,20,25)(H,21,24)/t14-/m1/s1. The Bertz CT molecular complexity index is 695. The molecule has 1 fully saturated rings. The van der Waals surface area contributed by atoms with E-state index < -0.39 is 17.8 Å². The number of carbonyl (C=O) groups excluding carboxylic acids is 3. The first-order valence-corrected chi connectivity index (χ1v) is 8.32. The van der Waals surface area contributed by atoms with Gasteiger partial charge in [-0.2, -0.15) is 0 Å². The minimum absolute atomic E-state index is 0.0478. The number of hydrogen-bond acceptors (Lipinski definition) is 5. The van der Waals surface area contributed by atoms with Crippen molar-refractivity contribution in [1.82, 2.24) is 5.32 Å². The number of ether oxygens (including phenoxy) is 1. The zero-order chi connectivity index (χ0) is 19.3. The molecule has 1 aliphatic heterocycles. The Morgan fingerprint density at radius 1 is 1.35 bits per heavy atom. The fraction of sp³-hybridized carbons (Fsp3) is 0.471. The van der Waals surface area contributed by atoms with E-state index in [1.807, 2.05) is 0 Å². The van der Waals surface area contributed by atoms with Crippen molar-refractivity contribution in [3.63, 3.8) is 0 Å². The molecule has 0 bridgehead atoms. The molecule has 8 nitrogen and oxygen atoms in total. The Morgan fingerprint density at radius 2 is 2.08 bits per heavy atom. The van der Waals surface area contributed by atoms with E-state index in [1.54, 1.807) is 13.8 Å². The lowest BCUT2D eigenvalue weighted by atomic mass is 10.1. The highest BCUT2D eigenvalue weighted by molar-refractivity contribution is 5.98. The van der Waals surface area contributed by atoms with Crippen molar-refractivity contribution in [3.8, 4) is 0 Å². The predicted molar refractivity (Wildman–Crippen MR) is 94.0 cm³/mol. The SMILES string of the molecule is CC(C)C(=O)N[C@H](CN)C(=O)Nc1ccc(N2CCOCC2=O)cc1F. The normalized spacial score (nSPS) is 15.7. The average Bonchev–Trinajstić information content (AvgIpc) is 2.61. The molecule has 0 aromatic heterocycles. The summed E-state index contributed by atoms with van der Waals surface area (Å²) in [5.74, 6) is -2.19. The highest BCUT2D eigenvalue weighted by Crippen LogP contribution is 2.23. The molecule has 26 heavy (non-hydrogen) atoms. The van der Waals surface area contributed by atoms with Crippen molar-refractivity contribution in [2.75, 3.05) is 36.5 Å². The highest BCUT2D eigenvalue weighted by Gasteiger charge is 2.23. The molecule has 4 N–H and O–H groups in total. The molecule has 1 aromatic rings. The molecule has 1 heterocycles. The van der Waals surface area contributed by atoms with Crippen molar-refractivity contribution >= 4 is 29.1 Å². The van der Waals surface area contributed by atoms with E-state index in [1.165, 1.54) is 23.1 Å². The molecule has 3 amide bonds. The summed E-state index contributed by atoms with van der Waals surface area (Å²) in [6.07, 6.45) is 0. The van der Waals surface area contributed by atoms with E-state index in [0.29, 0.717) is 18.8 Å². The second-order valence-corrected chi connectivity index (χ2v) is 6.20. The summed E-state index contributed by atoms with van der Waals surface area (Å²) in [4.78, 5) is 37.2. The van der Waals surface area contributed by atoms with Crippen LogP contribution in [0.3, 0.4) is 0 Å². The van der Waals surface area contributed by atoms with Crippen molar-refractivity contribution in [1.29, 1.82) is 0 Å². The molecular formula is C17H23FN4O4. The van der Waals surface area contributed by atoms with E-state index >= 15 is 0 Å². The number of morpholine rings is 1. The lowest BCUT2D eigenvalue weighted by Gasteiger charge is -2.27. The molecule has 142 valence electrons. The van der Waals surface area contributed by atoms with Crippen LogP contribution in [0.25, 0.3) is 0 Å². The smallest absolute Gasteiger partial charge is 0.253 e. The van der Waals surface area contributed by atoms with Gasteiger partial charge in [-0.1, -0.05) is 13.8 Å². The van der Waals surface area contributed by atoms with Gasteiger partial charge in [-0.05, 0) is 18.2 Å². The van der Waals surface area contributed by atoms with Crippen LogP contribution in [0.5, 0.6) is 0 Å². The van der Waals surface area contributed by atoms with Gasteiger partial charge in [-0.15, -0.1) is 0 Å². The first-order valence-electron chi connectivity index (χ1n) is 8.32. The number of hydrogen-bond donors (Lipinski definition) is 3. The molecule has 1 aliphatic rings. The van der Waals surface area contributed by atoms with Crippen LogP contribution in [0.15, 0.2) is 18.2 Å². The van der Waals surface area contributed by atoms with Crippen LogP contribution in [0, 0.1) is 11.7 Å². The van der Waals surface area contributed by atoms with Gasteiger partial charge < -0.3 is 26.0 Å². The van der Waals surface area contributed by atoms with Gasteiger partial charge in [0.05, 0.1) is 12.3 Å². The number of benzene rings is 1. The second kappa shape index (κ2) is 8.72. The minimum Gasteiger partial charge on any atom is -0.370 e. The molecule has 0 spiro atoms. The largest absolute Gasteiger partial charge is 0.370 e. The molecule has 2 rings (SSSR count). The monoisotopic (exact) mass is 366 g/mol. The Labute approximate surface area is 150 Å². The maximum atomic E-state index is 14.3. The van der Waals surface area contributed by atoms with Crippen molar-refractivity contribution < 1.29 is 23.5 Å². The Balaban J connectivity index is 2.08. The van der Waals surface area contributed by atoms with Gasteiger partial charge in [-0.3, -0.25) is 14.4 Å². The zero-order valence-electron chi connectivity index (χ0n) is 14.8. The number of nitrogens with two attached hydrogens (primary N) is 1. The van der Waals surface area contributed by atoms with Crippen LogP contribution >= 0.6 is 0 Å². The van der Waals surface area contributed by atoms with Crippen LogP contribution < -0.4 is 21.3 Å². The maximum Gasteiger partial charge on any atom is 0.253 e. The lowest BCUT2D eigenvalue weighted by Crippen LogP contribution is -2.49. The number of halogens is 1. The van der Waals surface area contributed by atoms with Crippen molar-refractivity contribution in [2.24, 2.45) is 11.7 Å². The molecule has 0 aliphatic carbocycles. The van der Waals surface area contributed by atoms with Crippen LogP contribution in [0.4, 0.5) is 15.8 Å². The van der Waals surface area contributed by atoms with Gasteiger partial charge in [0, 0.05) is 24.7 Å².